The molecule has 0 spiro atoms. The molecular weight excluding hydrogens is 228 g/mol. The van der Waals surface area contributed by atoms with Gasteiger partial charge in [-0.1, -0.05) is 6.92 Å². The molecule has 1 saturated heterocycles. The number of nitrogens with one attached hydrogen (secondary N) is 1. The predicted octanol–water partition coefficient (Wildman–Crippen LogP) is 1.38. The fourth-order valence-corrected chi connectivity index (χ4v) is 2.26. The Balaban J connectivity index is 2.02. The smallest absolute Gasteiger partial charge is 0.219 e. The van der Waals surface area contributed by atoms with Crippen LogP contribution in [0.4, 0.5) is 5.82 Å². The van der Waals surface area contributed by atoms with Crippen LogP contribution >= 0.6 is 0 Å². The zero-order chi connectivity index (χ0) is 13.1. The van der Waals surface area contributed by atoms with Crippen molar-refractivity contribution in [2.24, 2.45) is 0 Å². The molecule has 0 aliphatic carbocycles. The van der Waals surface area contributed by atoms with Gasteiger partial charge in [0.1, 0.15) is 11.6 Å². The first-order valence-corrected chi connectivity index (χ1v) is 6.45. The van der Waals surface area contributed by atoms with E-state index < -0.39 is 0 Å². The molecule has 1 atom stereocenters. The van der Waals surface area contributed by atoms with Gasteiger partial charge in [0.05, 0.1) is 0 Å². The fraction of sp³-hybridized carbons (Fsp3) is 0.615. The van der Waals surface area contributed by atoms with Crippen LogP contribution in [0.1, 0.15) is 31.8 Å². The van der Waals surface area contributed by atoms with Crippen LogP contribution in [0.25, 0.3) is 0 Å². The van der Waals surface area contributed by atoms with E-state index in [1.54, 1.807) is 6.92 Å². The van der Waals surface area contributed by atoms with Crippen LogP contribution in [0.2, 0.25) is 0 Å². The molecule has 0 saturated carbocycles. The van der Waals surface area contributed by atoms with E-state index in [0.717, 1.165) is 43.3 Å². The average molecular weight is 248 g/mol. The molecule has 5 nitrogen and oxygen atoms in total. The highest BCUT2D eigenvalue weighted by molar-refractivity contribution is 5.73. The maximum Gasteiger partial charge on any atom is 0.219 e. The van der Waals surface area contributed by atoms with Gasteiger partial charge in [-0.2, -0.15) is 0 Å². The number of likely N-dealkylation sites (tertiary alicyclic amines) is 1. The van der Waals surface area contributed by atoms with E-state index in [0.29, 0.717) is 6.04 Å². The Labute approximate surface area is 108 Å². The van der Waals surface area contributed by atoms with Crippen molar-refractivity contribution in [1.29, 1.82) is 0 Å². The van der Waals surface area contributed by atoms with E-state index in [1.165, 1.54) is 0 Å². The molecule has 1 aliphatic heterocycles. The van der Waals surface area contributed by atoms with Crippen molar-refractivity contribution >= 4 is 11.7 Å². The number of carbonyl (C=O) groups is 1. The van der Waals surface area contributed by atoms with Crippen LogP contribution in [0.15, 0.2) is 6.07 Å². The summed E-state index contributed by atoms with van der Waals surface area (Å²) in [6, 6.07) is 2.29. The van der Waals surface area contributed by atoms with E-state index in [1.807, 2.05) is 17.9 Å². The van der Waals surface area contributed by atoms with Gasteiger partial charge in [0.15, 0.2) is 0 Å². The molecule has 18 heavy (non-hydrogen) atoms. The standard InChI is InChI=1S/C13H20N4O/c1-4-11-7-13(15-9(2)14-11)16-12-5-6-17(8-12)10(3)18/h7,12H,4-6,8H2,1-3H3,(H,14,15,16). The summed E-state index contributed by atoms with van der Waals surface area (Å²) in [6.07, 6.45) is 1.88. The quantitative estimate of drug-likeness (QED) is 0.878. The van der Waals surface area contributed by atoms with Gasteiger partial charge in [0, 0.05) is 37.8 Å². The van der Waals surface area contributed by atoms with E-state index >= 15 is 0 Å². The van der Waals surface area contributed by atoms with Crippen LogP contribution in [0.5, 0.6) is 0 Å². The first kappa shape index (κ1) is 12.8. The number of rotatable bonds is 3. The van der Waals surface area contributed by atoms with Gasteiger partial charge in [-0.05, 0) is 19.8 Å². The Hall–Kier alpha value is -1.65. The first-order chi connectivity index (χ1) is 8.58. The number of nitrogens with zero attached hydrogens (tertiary/aromatic N) is 3. The summed E-state index contributed by atoms with van der Waals surface area (Å²) < 4.78 is 0. The Morgan fingerprint density at radius 3 is 2.94 bits per heavy atom. The van der Waals surface area contributed by atoms with Crippen molar-refractivity contribution in [3.05, 3.63) is 17.6 Å². The molecule has 0 radical (unpaired) electrons. The largest absolute Gasteiger partial charge is 0.365 e. The summed E-state index contributed by atoms with van der Waals surface area (Å²) in [5, 5.41) is 3.40. The number of aromatic nitrogens is 2. The second-order valence-electron chi connectivity index (χ2n) is 4.74. The SMILES string of the molecule is CCc1cc(NC2CCN(C(C)=O)C2)nc(C)n1. The molecule has 98 valence electrons. The lowest BCUT2D eigenvalue weighted by atomic mass is 10.2. The number of carbonyl (C=O) groups excluding carboxylic acids is 1. The first-order valence-electron chi connectivity index (χ1n) is 6.45. The highest BCUT2D eigenvalue weighted by atomic mass is 16.2. The minimum absolute atomic E-state index is 0.146. The third-order valence-corrected chi connectivity index (χ3v) is 3.24. The lowest BCUT2D eigenvalue weighted by molar-refractivity contribution is -0.127. The van der Waals surface area contributed by atoms with Crippen LogP contribution in [-0.2, 0) is 11.2 Å². The van der Waals surface area contributed by atoms with Gasteiger partial charge in [-0.3, -0.25) is 4.79 Å². The van der Waals surface area contributed by atoms with Gasteiger partial charge in [-0.25, -0.2) is 9.97 Å². The van der Waals surface area contributed by atoms with Gasteiger partial charge < -0.3 is 10.2 Å². The van der Waals surface area contributed by atoms with Crippen molar-refractivity contribution in [3.63, 3.8) is 0 Å². The highest BCUT2D eigenvalue weighted by Gasteiger charge is 2.24. The topological polar surface area (TPSA) is 58.1 Å². The van der Waals surface area contributed by atoms with Crippen molar-refractivity contribution in [2.75, 3.05) is 18.4 Å². The van der Waals surface area contributed by atoms with Crippen LogP contribution in [0.3, 0.4) is 0 Å². The highest BCUT2D eigenvalue weighted by Crippen LogP contribution is 2.15. The van der Waals surface area contributed by atoms with Crippen LogP contribution < -0.4 is 5.32 Å². The second kappa shape index (κ2) is 5.33. The summed E-state index contributed by atoms with van der Waals surface area (Å²) in [4.78, 5) is 21.9. The van der Waals surface area contributed by atoms with Crippen molar-refractivity contribution in [1.82, 2.24) is 14.9 Å². The molecule has 2 rings (SSSR count). The Morgan fingerprint density at radius 2 is 2.33 bits per heavy atom. The van der Waals surface area contributed by atoms with Crippen molar-refractivity contribution < 1.29 is 4.79 Å². The van der Waals surface area contributed by atoms with Crippen molar-refractivity contribution in [3.8, 4) is 0 Å². The van der Waals surface area contributed by atoms with Crippen molar-refractivity contribution in [2.45, 2.75) is 39.7 Å². The summed E-state index contributed by atoms with van der Waals surface area (Å²) in [5.74, 6) is 1.81. The number of amides is 1. The number of hydrogen-bond donors (Lipinski definition) is 1. The van der Waals surface area contributed by atoms with Gasteiger partial charge in [-0.15, -0.1) is 0 Å². The molecule has 0 bridgehead atoms. The molecule has 1 amide bonds. The number of anilines is 1. The maximum atomic E-state index is 11.3. The minimum atomic E-state index is 0.146. The molecule has 1 fully saturated rings. The third kappa shape index (κ3) is 2.97. The zero-order valence-electron chi connectivity index (χ0n) is 11.2. The average Bonchev–Trinajstić information content (AvgIpc) is 2.76. The summed E-state index contributed by atoms with van der Waals surface area (Å²) in [7, 11) is 0. The molecule has 1 aromatic heterocycles. The number of hydrogen-bond acceptors (Lipinski definition) is 4. The lowest BCUT2D eigenvalue weighted by Crippen LogP contribution is -2.29. The third-order valence-electron chi connectivity index (χ3n) is 3.24. The van der Waals surface area contributed by atoms with Crippen LogP contribution in [0, 0.1) is 6.92 Å². The zero-order valence-corrected chi connectivity index (χ0v) is 11.2. The second-order valence-corrected chi connectivity index (χ2v) is 4.74. The Morgan fingerprint density at radius 1 is 1.56 bits per heavy atom. The molecule has 0 aromatic carbocycles. The van der Waals surface area contributed by atoms with E-state index in [2.05, 4.69) is 22.2 Å². The fourth-order valence-electron chi connectivity index (χ4n) is 2.26. The normalized spacial score (nSPS) is 19.1. The molecule has 1 unspecified atom stereocenters. The maximum absolute atomic E-state index is 11.3. The van der Waals surface area contributed by atoms with E-state index in [-0.39, 0.29) is 5.91 Å². The van der Waals surface area contributed by atoms with E-state index in [4.69, 9.17) is 0 Å². The number of aryl methyl sites for hydroxylation is 2. The van der Waals surface area contributed by atoms with E-state index in [9.17, 15) is 4.79 Å². The molecule has 5 heteroatoms. The predicted molar refractivity (Wildman–Crippen MR) is 70.4 cm³/mol. The summed E-state index contributed by atoms with van der Waals surface area (Å²) >= 11 is 0. The van der Waals surface area contributed by atoms with Crippen LogP contribution in [-0.4, -0.2) is 39.9 Å². The monoisotopic (exact) mass is 248 g/mol. The molecule has 1 aromatic rings. The lowest BCUT2D eigenvalue weighted by Gasteiger charge is -2.16. The van der Waals surface area contributed by atoms with Gasteiger partial charge in [0.2, 0.25) is 5.91 Å². The summed E-state index contributed by atoms with van der Waals surface area (Å²) in [5.41, 5.74) is 1.05. The molecule has 2 heterocycles. The minimum Gasteiger partial charge on any atom is -0.365 e. The molecular formula is C13H20N4O. The molecule has 1 aliphatic rings. The van der Waals surface area contributed by atoms with Gasteiger partial charge >= 0.3 is 0 Å². The molecule has 1 N–H and O–H groups in total. The Bertz CT molecular complexity index is 447. The Kier molecular flexibility index (Phi) is 3.79. The summed E-state index contributed by atoms with van der Waals surface area (Å²) in [6.45, 7) is 7.20. The van der Waals surface area contributed by atoms with Gasteiger partial charge in [0.25, 0.3) is 0 Å².